The highest BCUT2D eigenvalue weighted by atomic mass is 35.5. The van der Waals surface area contributed by atoms with Gasteiger partial charge in [-0.25, -0.2) is 0 Å². The molecule has 0 aliphatic carbocycles. The molecule has 154 valence electrons. The zero-order valence-electron chi connectivity index (χ0n) is 16.6. The number of hydrogen-bond donors (Lipinski definition) is 1. The Labute approximate surface area is 179 Å². The van der Waals surface area contributed by atoms with Gasteiger partial charge in [-0.3, -0.25) is 0 Å². The molecule has 0 aliphatic rings. The maximum atomic E-state index is 6.41. The molecule has 1 N–H and O–H groups in total. The Morgan fingerprint density at radius 2 is 1.97 bits per heavy atom. The van der Waals surface area contributed by atoms with E-state index in [0.29, 0.717) is 23.1 Å². The molecule has 0 amide bonds. The topological polar surface area (TPSA) is 74.1 Å². The molecule has 0 unspecified atom stereocenters. The third-order valence-corrected chi connectivity index (χ3v) is 5.24. The van der Waals surface area contributed by atoms with Crippen LogP contribution in [0, 0.1) is 0 Å². The summed E-state index contributed by atoms with van der Waals surface area (Å²) in [5.74, 6) is 2.15. The largest absolute Gasteiger partial charge is 0.493 e. The monoisotopic (exact) mass is 433 g/mol. The molecule has 0 atom stereocenters. The fourth-order valence-corrected chi connectivity index (χ4v) is 3.66. The number of nitrogens with one attached hydrogen (secondary N) is 1. The van der Waals surface area contributed by atoms with Crippen molar-refractivity contribution in [2.75, 3.05) is 19.4 Å². The van der Waals surface area contributed by atoms with Gasteiger partial charge in [-0.1, -0.05) is 41.6 Å². The summed E-state index contributed by atoms with van der Waals surface area (Å²) in [5, 5.41) is 16.8. The highest BCUT2D eigenvalue weighted by Gasteiger charge is 2.12. The molecule has 9 heteroatoms. The lowest BCUT2D eigenvalue weighted by Gasteiger charge is -2.16. The molecule has 0 aliphatic heterocycles. The summed E-state index contributed by atoms with van der Waals surface area (Å²) in [6.45, 7) is 5.33. The van der Waals surface area contributed by atoms with E-state index in [-0.39, 0.29) is 6.10 Å². The number of ether oxygens (including phenoxy) is 2. The first-order valence-electron chi connectivity index (χ1n) is 9.29. The number of benzene rings is 2. The maximum Gasteiger partial charge on any atom is 0.214 e. The van der Waals surface area contributed by atoms with Gasteiger partial charge in [-0.2, -0.15) is 4.68 Å². The quantitative estimate of drug-likeness (QED) is 0.382. The van der Waals surface area contributed by atoms with Gasteiger partial charge < -0.3 is 14.8 Å². The van der Waals surface area contributed by atoms with Crippen molar-refractivity contribution in [3.05, 3.63) is 53.1 Å². The highest BCUT2D eigenvalue weighted by molar-refractivity contribution is 7.99. The van der Waals surface area contributed by atoms with Crippen molar-refractivity contribution in [2.45, 2.75) is 31.7 Å². The third-order valence-electron chi connectivity index (χ3n) is 3.96. The van der Waals surface area contributed by atoms with E-state index in [1.54, 1.807) is 29.6 Å². The summed E-state index contributed by atoms with van der Waals surface area (Å²) >= 11 is 8.01. The van der Waals surface area contributed by atoms with Crippen molar-refractivity contribution in [2.24, 2.45) is 0 Å². The number of thioether (sulfide) groups is 1. The first-order chi connectivity index (χ1) is 14.1. The van der Waals surface area contributed by atoms with E-state index in [1.165, 1.54) is 0 Å². The van der Waals surface area contributed by atoms with Gasteiger partial charge in [0.2, 0.25) is 5.16 Å². The van der Waals surface area contributed by atoms with E-state index in [0.717, 1.165) is 28.7 Å². The van der Waals surface area contributed by atoms with Gasteiger partial charge >= 0.3 is 0 Å². The average Bonchev–Trinajstić information content (AvgIpc) is 3.18. The minimum Gasteiger partial charge on any atom is -0.493 e. The van der Waals surface area contributed by atoms with Crippen molar-refractivity contribution >= 4 is 23.4 Å². The number of para-hydroxylation sites is 1. The minimum absolute atomic E-state index is 0.0494. The molecule has 1 aromatic heterocycles. The second-order valence-corrected chi connectivity index (χ2v) is 7.96. The summed E-state index contributed by atoms with van der Waals surface area (Å²) in [6.07, 6.45) is 0.0494. The maximum absolute atomic E-state index is 6.41. The van der Waals surface area contributed by atoms with Crippen molar-refractivity contribution in [3.63, 3.8) is 0 Å². The molecule has 0 radical (unpaired) electrons. The lowest BCUT2D eigenvalue weighted by atomic mass is 10.2. The number of hydrogen-bond acceptors (Lipinski definition) is 7. The second-order valence-electron chi connectivity index (χ2n) is 6.50. The number of halogens is 1. The van der Waals surface area contributed by atoms with Gasteiger partial charge in [0.1, 0.15) is 0 Å². The highest BCUT2D eigenvalue weighted by Crippen LogP contribution is 2.34. The van der Waals surface area contributed by atoms with Crippen LogP contribution in [0.3, 0.4) is 0 Å². The normalized spacial score (nSPS) is 11.1. The van der Waals surface area contributed by atoms with Crippen LogP contribution in [0.2, 0.25) is 5.02 Å². The van der Waals surface area contributed by atoms with Crippen LogP contribution in [0.5, 0.6) is 11.5 Å². The zero-order chi connectivity index (χ0) is 20.6. The molecule has 0 fully saturated rings. The van der Waals surface area contributed by atoms with Crippen LogP contribution in [-0.2, 0) is 6.54 Å². The Morgan fingerprint density at radius 3 is 2.69 bits per heavy atom. The molecule has 0 bridgehead atoms. The Morgan fingerprint density at radius 1 is 1.17 bits per heavy atom. The molecule has 0 saturated carbocycles. The second kappa shape index (κ2) is 10.5. The number of rotatable bonds is 10. The van der Waals surface area contributed by atoms with Crippen molar-refractivity contribution in [1.29, 1.82) is 0 Å². The Bertz CT molecular complexity index is 920. The van der Waals surface area contributed by atoms with Crippen molar-refractivity contribution in [3.8, 4) is 17.2 Å². The predicted molar refractivity (Wildman–Crippen MR) is 115 cm³/mol. The van der Waals surface area contributed by atoms with Crippen LogP contribution in [0.15, 0.2) is 47.6 Å². The van der Waals surface area contributed by atoms with Crippen LogP contribution < -0.4 is 14.8 Å². The molecule has 3 aromatic rings. The summed E-state index contributed by atoms with van der Waals surface area (Å²) in [6, 6.07) is 13.6. The first kappa shape index (κ1) is 21.4. The number of nitrogens with zero attached hydrogens (tertiary/aromatic N) is 4. The number of tetrazole rings is 1. The summed E-state index contributed by atoms with van der Waals surface area (Å²) in [5.41, 5.74) is 1.90. The van der Waals surface area contributed by atoms with Gasteiger partial charge in [-0.15, -0.1) is 5.10 Å². The molecule has 2 aromatic carbocycles. The Hall–Kier alpha value is -2.29. The molecule has 3 rings (SSSR count). The molecule has 0 spiro atoms. The van der Waals surface area contributed by atoms with E-state index in [1.807, 2.05) is 50.2 Å². The zero-order valence-corrected chi connectivity index (χ0v) is 18.2. The van der Waals surface area contributed by atoms with Gasteiger partial charge in [0.15, 0.2) is 11.5 Å². The van der Waals surface area contributed by atoms with E-state index in [4.69, 9.17) is 21.1 Å². The standard InChI is InChI=1S/C20H24ClN5O2S/c1-14(2)28-19-12-17(21)15(11-18(19)27-3)13-22-9-10-29-20-23-24-25-26(20)16-7-5-4-6-8-16/h4-8,11-12,14,22H,9-10,13H2,1-3H3. The fraction of sp³-hybridized carbons (Fsp3) is 0.350. The van der Waals surface area contributed by atoms with Gasteiger partial charge in [-0.05, 0) is 48.0 Å². The van der Waals surface area contributed by atoms with E-state index in [2.05, 4.69) is 20.8 Å². The van der Waals surface area contributed by atoms with Crippen LogP contribution in [0.1, 0.15) is 19.4 Å². The third kappa shape index (κ3) is 5.85. The van der Waals surface area contributed by atoms with Crippen LogP contribution in [0.4, 0.5) is 0 Å². The van der Waals surface area contributed by atoms with Crippen molar-refractivity contribution in [1.82, 2.24) is 25.5 Å². The average molecular weight is 434 g/mol. The lowest BCUT2D eigenvalue weighted by molar-refractivity contribution is 0.230. The van der Waals surface area contributed by atoms with E-state index in [9.17, 15) is 0 Å². The summed E-state index contributed by atoms with van der Waals surface area (Å²) in [7, 11) is 1.63. The molecule has 0 saturated heterocycles. The first-order valence-corrected chi connectivity index (χ1v) is 10.6. The van der Waals surface area contributed by atoms with Crippen molar-refractivity contribution < 1.29 is 9.47 Å². The van der Waals surface area contributed by atoms with Gasteiger partial charge in [0.25, 0.3) is 0 Å². The molecule has 29 heavy (non-hydrogen) atoms. The summed E-state index contributed by atoms with van der Waals surface area (Å²) in [4.78, 5) is 0. The predicted octanol–water partition coefficient (Wildman–Crippen LogP) is 3.99. The van der Waals surface area contributed by atoms with E-state index >= 15 is 0 Å². The Kier molecular flexibility index (Phi) is 7.74. The van der Waals surface area contributed by atoms with Gasteiger partial charge in [0.05, 0.1) is 18.9 Å². The van der Waals surface area contributed by atoms with Gasteiger partial charge in [0, 0.05) is 29.9 Å². The SMILES string of the molecule is COc1cc(CNCCSc2nnnn2-c2ccccc2)c(Cl)cc1OC(C)C. The molecular weight excluding hydrogens is 410 g/mol. The smallest absolute Gasteiger partial charge is 0.214 e. The van der Waals surface area contributed by atoms with Crippen LogP contribution in [-0.4, -0.2) is 45.7 Å². The minimum atomic E-state index is 0.0494. The van der Waals surface area contributed by atoms with Crippen LogP contribution >= 0.6 is 23.4 Å². The lowest BCUT2D eigenvalue weighted by Crippen LogP contribution is -2.17. The number of aromatic nitrogens is 4. The summed E-state index contributed by atoms with van der Waals surface area (Å²) < 4.78 is 12.9. The van der Waals surface area contributed by atoms with Crippen LogP contribution in [0.25, 0.3) is 5.69 Å². The molecule has 7 nitrogen and oxygen atoms in total. The van der Waals surface area contributed by atoms with E-state index < -0.39 is 0 Å². The molecule has 1 heterocycles. The number of methoxy groups -OCH3 is 1. The fourth-order valence-electron chi connectivity index (χ4n) is 2.66. The Balaban J connectivity index is 1.52. The molecular formula is C20H24ClN5O2S.